The molecule has 1 amide bonds. The van der Waals surface area contributed by atoms with E-state index in [1.54, 1.807) is 6.26 Å². The van der Waals surface area contributed by atoms with Crippen molar-refractivity contribution in [1.29, 1.82) is 0 Å². The van der Waals surface area contributed by atoms with Gasteiger partial charge >= 0.3 is 5.97 Å². The van der Waals surface area contributed by atoms with Crippen LogP contribution in [-0.2, 0) is 14.4 Å². The third-order valence-corrected chi connectivity index (χ3v) is 2.93. The maximum Gasteiger partial charge on any atom is 0.326 e. The van der Waals surface area contributed by atoms with E-state index in [9.17, 15) is 19.7 Å². The molecule has 0 fully saturated rings. The summed E-state index contributed by atoms with van der Waals surface area (Å²) in [5.74, 6) is -1.44. The Bertz CT molecular complexity index is 340. The Morgan fingerprint density at radius 2 is 2.16 bits per heavy atom. The number of amides is 1. The van der Waals surface area contributed by atoms with E-state index in [4.69, 9.17) is 10.8 Å². The van der Waals surface area contributed by atoms with Crippen LogP contribution in [0.5, 0.6) is 0 Å². The van der Waals surface area contributed by atoms with Crippen LogP contribution in [0.3, 0.4) is 0 Å². The van der Waals surface area contributed by atoms with E-state index in [1.165, 1.54) is 18.7 Å². The van der Waals surface area contributed by atoms with Crippen LogP contribution in [0, 0.1) is 10.1 Å². The molecule has 0 unspecified atom stereocenters. The van der Waals surface area contributed by atoms with Crippen molar-refractivity contribution in [3.63, 3.8) is 0 Å². The largest absolute Gasteiger partial charge is 0.480 e. The molecule has 0 rings (SSSR count). The fourth-order valence-corrected chi connectivity index (χ4v) is 1.65. The van der Waals surface area contributed by atoms with Crippen LogP contribution >= 0.6 is 11.8 Å². The van der Waals surface area contributed by atoms with Gasteiger partial charge in [-0.1, -0.05) is 0 Å². The van der Waals surface area contributed by atoms with Crippen LogP contribution in [0.4, 0.5) is 0 Å². The predicted octanol–water partition coefficient (Wildman–Crippen LogP) is -0.767. The number of carbonyl (C=O) groups excluding carboxylic acids is 1. The lowest BCUT2D eigenvalue weighted by molar-refractivity contribution is -0.767. The van der Waals surface area contributed by atoms with E-state index in [0.29, 0.717) is 5.75 Å². The summed E-state index contributed by atoms with van der Waals surface area (Å²) in [6.45, 7) is 1.25. The molecule has 0 aliphatic rings. The molecule has 0 aromatic heterocycles. The summed E-state index contributed by atoms with van der Waals surface area (Å²) < 4.78 is 0. The number of hydrogen-bond donors (Lipinski definition) is 3. The number of aliphatic carboxylic acids is 1. The molecule has 0 radical (unpaired) electrons. The summed E-state index contributed by atoms with van der Waals surface area (Å²) >= 11 is 1.44. The molecule has 9 nitrogen and oxygen atoms in total. The SMILES string of the molecule is CSCC[C@H](NC(=O)[C@@H](N)[C@@H](C)O[N+](=O)[O-])C(=O)O. The van der Waals surface area contributed by atoms with Gasteiger partial charge in [0.25, 0.3) is 5.09 Å². The number of nitrogens with zero attached hydrogens (tertiary/aromatic N) is 1. The summed E-state index contributed by atoms with van der Waals surface area (Å²) in [5.41, 5.74) is 5.45. The van der Waals surface area contributed by atoms with E-state index in [0.717, 1.165) is 0 Å². The molecule has 3 atom stereocenters. The fraction of sp³-hybridized carbons (Fsp3) is 0.778. The number of carbonyl (C=O) groups is 2. The minimum atomic E-state index is -1.32. The highest BCUT2D eigenvalue weighted by Crippen LogP contribution is 2.03. The molecular formula is C9H17N3O6S. The molecule has 0 aliphatic heterocycles. The highest BCUT2D eigenvalue weighted by Gasteiger charge is 2.27. The van der Waals surface area contributed by atoms with Gasteiger partial charge < -0.3 is 21.0 Å². The second kappa shape index (κ2) is 8.53. The average molecular weight is 295 g/mol. The second-order valence-electron chi connectivity index (χ2n) is 3.74. The zero-order valence-electron chi connectivity index (χ0n) is 10.6. The lowest BCUT2D eigenvalue weighted by Crippen LogP contribution is -2.53. The molecule has 0 spiro atoms. The topological polar surface area (TPSA) is 145 Å². The zero-order valence-corrected chi connectivity index (χ0v) is 11.4. The van der Waals surface area contributed by atoms with E-state index in [2.05, 4.69) is 10.2 Å². The predicted molar refractivity (Wildman–Crippen MR) is 68.1 cm³/mol. The Labute approximate surface area is 114 Å². The summed E-state index contributed by atoms with van der Waals surface area (Å²) in [7, 11) is 0. The first-order chi connectivity index (χ1) is 8.79. The van der Waals surface area contributed by atoms with Crippen molar-refractivity contribution in [2.75, 3.05) is 12.0 Å². The molecule has 110 valence electrons. The van der Waals surface area contributed by atoms with Crippen molar-refractivity contribution in [3.8, 4) is 0 Å². The normalized spacial score (nSPS) is 15.1. The molecular weight excluding hydrogens is 278 g/mol. The van der Waals surface area contributed by atoms with Crippen LogP contribution in [0.1, 0.15) is 13.3 Å². The molecule has 10 heteroatoms. The Hall–Kier alpha value is -1.55. The smallest absolute Gasteiger partial charge is 0.326 e. The maximum absolute atomic E-state index is 11.6. The van der Waals surface area contributed by atoms with Crippen molar-refractivity contribution in [3.05, 3.63) is 10.1 Å². The third kappa shape index (κ3) is 6.82. The van der Waals surface area contributed by atoms with E-state index >= 15 is 0 Å². The molecule has 0 aromatic carbocycles. The molecule has 0 saturated carbocycles. The van der Waals surface area contributed by atoms with Crippen LogP contribution in [0.25, 0.3) is 0 Å². The Balaban J connectivity index is 4.45. The monoisotopic (exact) mass is 295 g/mol. The third-order valence-electron chi connectivity index (χ3n) is 2.29. The molecule has 0 aromatic rings. The first kappa shape index (κ1) is 17.4. The van der Waals surface area contributed by atoms with Crippen LogP contribution < -0.4 is 11.1 Å². The summed E-state index contributed by atoms with van der Waals surface area (Å²) in [6.07, 6.45) is 0.879. The number of carboxylic acid groups (broad SMARTS) is 1. The van der Waals surface area contributed by atoms with Gasteiger partial charge in [0.15, 0.2) is 0 Å². The number of carboxylic acids is 1. The Morgan fingerprint density at radius 1 is 1.58 bits per heavy atom. The minimum Gasteiger partial charge on any atom is -0.480 e. The van der Waals surface area contributed by atoms with Gasteiger partial charge in [0.2, 0.25) is 5.91 Å². The van der Waals surface area contributed by atoms with Gasteiger partial charge in [-0.3, -0.25) is 4.79 Å². The standard InChI is InChI=1S/C9H17N3O6S/c1-5(18-12(16)17)7(10)8(13)11-6(9(14)15)3-4-19-2/h5-7H,3-4,10H2,1-2H3,(H,11,13)(H,14,15)/t5-,6+,7+/m1/s1. The maximum atomic E-state index is 11.6. The van der Waals surface area contributed by atoms with Gasteiger partial charge in [-0.2, -0.15) is 11.8 Å². The van der Waals surface area contributed by atoms with Gasteiger partial charge in [0, 0.05) is 0 Å². The van der Waals surface area contributed by atoms with E-state index in [1.807, 2.05) is 0 Å². The Morgan fingerprint density at radius 3 is 2.58 bits per heavy atom. The van der Waals surface area contributed by atoms with Crippen molar-refractivity contribution in [2.45, 2.75) is 31.5 Å². The van der Waals surface area contributed by atoms with Crippen LogP contribution in [0.2, 0.25) is 0 Å². The number of thioether (sulfide) groups is 1. The molecule has 4 N–H and O–H groups in total. The lowest BCUT2D eigenvalue weighted by atomic mass is 10.1. The van der Waals surface area contributed by atoms with Gasteiger partial charge in [0.05, 0.1) is 0 Å². The summed E-state index contributed by atoms with van der Waals surface area (Å²) in [5, 5.41) is 20.2. The average Bonchev–Trinajstić information content (AvgIpc) is 2.31. The highest BCUT2D eigenvalue weighted by molar-refractivity contribution is 7.98. The van der Waals surface area contributed by atoms with Crippen molar-refractivity contribution >= 4 is 23.6 Å². The molecule has 19 heavy (non-hydrogen) atoms. The van der Waals surface area contributed by atoms with Gasteiger partial charge in [-0.15, -0.1) is 10.1 Å². The summed E-state index contributed by atoms with van der Waals surface area (Å²) in [6, 6.07) is -2.39. The highest BCUT2D eigenvalue weighted by atomic mass is 32.2. The van der Waals surface area contributed by atoms with Crippen molar-refractivity contribution in [2.24, 2.45) is 5.73 Å². The quantitative estimate of drug-likeness (QED) is 0.371. The molecule has 0 heterocycles. The zero-order chi connectivity index (χ0) is 15.0. The molecule has 0 aliphatic carbocycles. The Kier molecular flexibility index (Phi) is 7.84. The van der Waals surface area contributed by atoms with Crippen LogP contribution in [0.15, 0.2) is 0 Å². The van der Waals surface area contributed by atoms with Crippen LogP contribution in [-0.4, -0.2) is 52.3 Å². The fourth-order valence-electron chi connectivity index (χ4n) is 1.18. The molecule has 0 saturated heterocycles. The number of hydrogen-bond acceptors (Lipinski definition) is 7. The van der Waals surface area contributed by atoms with Gasteiger partial charge in [-0.05, 0) is 25.4 Å². The van der Waals surface area contributed by atoms with Gasteiger partial charge in [0.1, 0.15) is 18.2 Å². The first-order valence-electron chi connectivity index (χ1n) is 5.38. The lowest BCUT2D eigenvalue weighted by Gasteiger charge is -2.20. The van der Waals surface area contributed by atoms with E-state index in [-0.39, 0.29) is 6.42 Å². The summed E-state index contributed by atoms with van der Waals surface area (Å²) in [4.78, 5) is 36.8. The molecule has 0 bridgehead atoms. The van der Waals surface area contributed by atoms with Gasteiger partial charge in [-0.25, -0.2) is 4.79 Å². The minimum absolute atomic E-state index is 0.236. The number of nitrogens with one attached hydrogen (secondary N) is 1. The number of rotatable bonds is 9. The number of nitrogens with two attached hydrogens (primary N) is 1. The van der Waals surface area contributed by atoms with Crippen molar-refractivity contribution in [1.82, 2.24) is 5.32 Å². The van der Waals surface area contributed by atoms with E-state index < -0.39 is 35.2 Å². The first-order valence-corrected chi connectivity index (χ1v) is 6.77. The van der Waals surface area contributed by atoms with Crippen molar-refractivity contribution < 1.29 is 24.6 Å². The second-order valence-corrected chi connectivity index (χ2v) is 4.73.